The Morgan fingerprint density at radius 2 is 1.74 bits per heavy atom. The number of hydrogen-bond acceptors (Lipinski definition) is 2. The van der Waals surface area contributed by atoms with E-state index in [0.717, 1.165) is 17.7 Å². The summed E-state index contributed by atoms with van der Waals surface area (Å²) in [6, 6.07) is 14.3. The predicted molar refractivity (Wildman–Crippen MR) is 92.7 cm³/mol. The third kappa shape index (κ3) is 4.30. The second-order valence-corrected chi connectivity index (χ2v) is 5.04. The predicted octanol–water partition coefficient (Wildman–Crippen LogP) is 3.42. The largest absolute Gasteiger partial charge is 0.349 e. The first-order chi connectivity index (χ1) is 11.2. The summed E-state index contributed by atoms with van der Waals surface area (Å²) in [7, 11) is 0. The van der Waals surface area contributed by atoms with Crippen molar-refractivity contribution in [2.45, 2.75) is 13.3 Å². The number of carbonyl (C=O) groups is 2. The van der Waals surface area contributed by atoms with Crippen molar-refractivity contribution in [2.75, 3.05) is 11.9 Å². The van der Waals surface area contributed by atoms with Gasteiger partial charge in [0.1, 0.15) is 0 Å². The Morgan fingerprint density at radius 3 is 2.43 bits per heavy atom. The molecule has 4 nitrogen and oxygen atoms in total. The van der Waals surface area contributed by atoms with Crippen molar-refractivity contribution in [3.63, 3.8) is 0 Å². The van der Waals surface area contributed by atoms with Crippen LogP contribution in [-0.2, 0) is 6.42 Å². The highest BCUT2D eigenvalue weighted by Gasteiger charge is 2.11. The molecular formula is C19H20N2O2. The summed E-state index contributed by atoms with van der Waals surface area (Å²) in [6.45, 7) is 5.98. The van der Waals surface area contributed by atoms with Crippen LogP contribution < -0.4 is 10.6 Å². The van der Waals surface area contributed by atoms with E-state index in [2.05, 4.69) is 17.2 Å². The fourth-order valence-corrected chi connectivity index (χ4v) is 2.21. The molecule has 0 bridgehead atoms. The number of rotatable bonds is 6. The van der Waals surface area contributed by atoms with Crippen LogP contribution in [0.3, 0.4) is 0 Å². The van der Waals surface area contributed by atoms with Gasteiger partial charge in [0.05, 0.1) is 0 Å². The fourth-order valence-electron chi connectivity index (χ4n) is 2.21. The van der Waals surface area contributed by atoms with Gasteiger partial charge in [-0.2, -0.15) is 0 Å². The van der Waals surface area contributed by atoms with Gasteiger partial charge in [0.2, 0.25) is 0 Å². The van der Waals surface area contributed by atoms with Crippen LogP contribution in [0.15, 0.2) is 61.2 Å². The Morgan fingerprint density at radius 1 is 1.04 bits per heavy atom. The van der Waals surface area contributed by atoms with Crippen molar-refractivity contribution >= 4 is 17.5 Å². The molecule has 2 rings (SSSR count). The second-order valence-electron chi connectivity index (χ2n) is 5.04. The molecule has 4 heteroatoms. The molecule has 0 heterocycles. The van der Waals surface area contributed by atoms with Crippen molar-refractivity contribution < 1.29 is 9.59 Å². The van der Waals surface area contributed by atoms with Crippen molar-refractivity contribution in [3.05, 3.63) is 77.9 Å². The van der Waals surface area contributed by atoms with Gasteiger partial charge in [0.15, 0.2) is 0 Å². The van der Waals surface area contributed by atoms with Crippen LogP contribution in [0.1, 0.15) is 33.2 Å². The second kappa shape index (κ2) is 7.94. The maximum atomic E-state index is 12.4. The molecule has 23 heavy (non-hydrogen) atoms. The minimum absolute atomic E-state index is 0.228. The van der Waals surface area contributed by atoms with Crippen LogP contribution in [0.4, 0.5) is 5.69 Å². The molecule has 0 fully saturated rings. The van der Waals surface area contributed by atoms with E-state index in [-0.39, 0.29) is 11.8 Å². The Bertz CT molecular complexity index is 723. The number of aryl methyl sites for hydroxylation is 1. The summed E-state index contributed by atoms with van der Waals surface area (Å²) < 4.78 is 0. The third-order valence-corrected chi connectivity index (χ3v) is 3.44. The first kappa shape index (κ1) is 16.5. The summed E-state index contributed by atoms with van der Waals surface area (Å²) in [6.07, 6.45) is 2.44. The molecule has 0 unspecified atom stereocenters. The Kier molecular flexibility index (Phi) is 5.69. The van der Waals surface area contributed by atoms with E-state index in [1.54, 1.807) is 30.3 Å². The first-order valence-corrected chi connectivity index (χ1v) is 7.54. The van der Waals surface area contributed by atoms with Crippen molar-refractivity contribution in [1.82, 2.24) is 5.32 Å². The van der Waals surface area contributed by atoms with Gasteiger partial charge in [0.25, 0.3) is 11.8 Å². The molecule has 0 aromatic heterocycles. The molecule has 0 radical (unpaired) electrons. The average Bonchev–Trinajstić information content (AvgIpc) is 2.60. The van der Waals surface area contributed by atoms with Crippen LogP contribution >= 0.6 is 0 Å². The highest BCUT2D eigenvalue weighted by molar-refractivity contribution is 6.06. The minimum Gasteiger partial charge on any atom is -0.349 e. The number of hydrogen-bond donors (Lipinski definition) is 2. The maximum Gasteiger partial charge on any atom is 0.255 e. The van der Waals surface area contributed by atoms with E-state index in [0.29, 0.717) is 17.7 Å². The number of nitrogens with one attached hydrogen (secondary N) is 2. The zero-order valence-corrected chi connectivity index (χ0v) is 13.1. The van der Waals surface area contributed by atoms with Gasteiger partial charge in [-0.05, 0) is 36.2 Å². The van der Waals surface area contributed by atoms with Crippen molar-refractivity contribution in [2.24, 2.45) is 0 Å². The molecule has 0 spiro atoms. The molecule has 0 aliphatic rings. The van der Waals surface area contributed by atoms with Crippen LogP contribution in [0.5, 0.6) is 0 Å². The Hall–Kier alpha value is -2.88. The lowest BCUT2D eigenvalue weighted by Crippen LogP contribution is -2.23. The van der Waals surface area contributed by atoms with E-state index in [4.69, 9.17) is 0 Å². The van der Waals surface area contributed by atoms with Gasteiger partial charge < -0.3 is 10.6 Å². The van der Waals surface area contributed by atoms with Crippen LogP contribution in [0, 0.1) is 0 Å². The third-order valence-electron chi connectivity index (χ3n) is 3.44. The molecule has 0 aliphatic heterocycles. The summed E-state index contributed by atoms with van der Waals surface area (Å²) in [4.78, 5) is 24.4. The van der Waals surface area contributed by atoms with Crippen molar-refractivity contribution in [3.8, 4) is 0 Å². The highest BCUT2D eigenvalue weighted by atomic mass is 16.2. The number of anilines is 1. The average molecular weight is 308 g/mol. The lowest BCUT2D eigenvalue weighted by Gasteiger charge is -2.10. The van der Waals surface area contributed by atoms with Gasteiger partial charge in [-0.3, -0.25) is 9.59 Å². The van der Waals surface area contributed by atoms with Crippen molar-refractivity contribution in [1.29, 1.82) is 0 Å². The van der Waals surface area contributed by atoms with E-state index in [9.17, 15) is 9.59 Å². The topological polar surface area (TPSA) is 58.2 Å². The molecule has 2 amide bonds. The first-order valence-electron chi connectivity index (χ1n) is 7.54. The minimum atomic E-state index is -0.232. The summed E-state index contributed by atoms with van der Waals surface area (Å²) in [5, 5.41) is 5.59. The molecule has 0 atom stereocenters. The van der Waals surface area contributed by atoms with E-state index in [1.807, 2.05) is 31.2 Å². The number of carbonyl (C=O) groups excluding carboxylic acids is 2. The van der Waals surface area contributed by atoms with Gasteiger partial charge >= 0.3 is 0 Å². The molecule has 0 saturated heterocycles. The van der Waals surface area contributed by atoms with Crippen LogP contribution in [0.25, 0.3) is 0 Å². The lowest BCUT2D eigenvalue weighted by molar-refractivity contribution is 0.0958. The highest BCUT2D eigenvalue weighted by Crippen LogP contribution is 2.17. The normalized spacial score (nSPS) is 9.96. The molecule has 2 N–H and O–H groups in total. The number of para-hydroxylation sites is 1. The Labute approximate surface area is 136 Å². The molecule has 2 aromatic carbocycles. The maximum absolute atomic E-state index is 12.4. The molecule has 0 saturated carbocycles. The molecule has 0 aliphatic carbocycles. The standard InChI is InChI=1S/C19H20N2O2/c1-3-12-20-18(22)15-9-7-10-16(13-15)19(23)21-17-11-6-5-8-14(17)4-2/h3,5-11,13H,1,4,12H2,2H3,(H,20,22)(H,21,23). The van der Waals surface area contributed by atoms with Gasteiger partial charge in [-0.1, -0.05) is 37.3 Å². The van der Waals surface area contributed by atoms with E-state index < -0.39 is 0 Å². The number of benzene rings is 2. The van der Waals surface area contributed by atoms with Crippen LogP contribution in [-0.4, -0.2) is 18.4 Å². The monoisotopic (exact) mass is 308 g/mol. The smallest absolute Gasteiger partial charge is 0.255 e. The SMILES string of the molecule is C=CCNC(=O)c1cccc(C(=O)Nc2ccccc2CC)c1. The molecule has 2 aromatic rings. The van der Waals surface area contributed by atoms with Gasteiger partial charge in [-0.15, -0.1) is 6.58 Å². The summed E-state index contributed by atoms with van der Waals surface area (Å²) in [5.41, 5.74) is 2.76. The Balaban J connectivity index is 2.16. The lowest BCUT2D eigenvalue weighted by atomic mass is 10.1. The van der Waals surface area contributed by atoms with Crippen LogP contribution in [0.2, 0.25) is 0 Å². The molecular weight excluding hydrogens is 288 g/mol. The van der Waals surface area contributed by atoms with E-state index >= 15 is 0 Å². The van der Waals surface area contributed by atoms with Gasteiger partial charge in [-0.25, -0.2) is 0 Å². The zero-order chi connectivity index (χ0) is 16.7. The van der Waals surface area contributed by atoms with E-state index in [1.165, 1.54) is 0 Å². The quantitative estimate of drug-likeness (QED) is 0.803. The molecule has 118 valence electrons. The van der Waals surface area contributed by atoms with Gasteiger partial charge in [0, 0.05) is 23.4 Å². The zero-order valence-electron chi connectivity index (χ0n) is 13.1. The fraction of sp³-hybridized carbons (Fsp3) is 0.158. The summed E-state index contributed by atoms with van der Waals surface area (Å²) in [5.74, 6) is -0.460. The summed E-state index contributed by atoms with van der Waals surface area (Å²) >= 11 is 0. The number of amides is 2.